The minimum absolute atomic E-state index is 0.131. The van der Waals surface area contributed by atoms with Crippen LogP contribution in [0.4, 0.5) is 10.5 Å². The van der Waals surface area contributed by atoms with Gasteiger partial charge in [-0.1, -0.05) is 59.6 Å². The van der Waals surface area contributed by atoms with Crippen LogP contribution in [0, 0.1) is 0 Å². The Kier molecular flexibility index (Phi) is 8.38. The number of amides is 3. The summed E-state index contributed by atoms with van der Waals surface area (Å²) in [4.78, 5) is 26.6. The highest BCUT2D eigenvalue weighted by Gasteiger charge is 2.18. The third kappa shape index (κ3) is 7.05. The molecular weight excluding hydrogens is 437 g/mol. The quantitative estimate of drug-likeness (QED) is 0.451. The Balaban J connectivity index is 1.56. The highest BCUT2D eigenvalue weighted by molar-refractivity contribution is 6.43. The first kappa shape index (κ1) is 22.7. The van der Waals surface area contributed by atoms with Crippen LogP contribution in [0.5, 0.6) is 0 Å². The van der Waals surface area contributed by atoms with Gasteiger partial charge in [-0.25, -0.2) is 4.79 Å². The summed E-state index contributed by atoms with van der Waals surface area (Å²) in [6, 6.07) is 18.0. The van der Waals surface area contributed by atoms with Crippen molar-refractivity contribution in [2.24, 2.45) is 0 Å². The summed E-state index contributed by atoms with van der Waals surface area (Å²) >= 11 is 12.2. The summed E-state index contributed by atoms with van der Waals surface area (Å²) in [7, 11) is 0. The monoisotopic (exact) mass is 459 g/mol. The van der Waals surface area contributed by atoms with Crippen molar-refractivity contribution in [3.05, 3.63) is 88.3 Å². The van der Waals surface area contributed by atoms with E-state index in [2.05, 4.69) is 10.6 Å². The summed E-state index contributed by atoms with van der Waals surface area (Å²) in [5, 5.41) is 6.24. The fraction of sp³-hybridized carbons (Fsp3) is 0.217. The Bertz CT molecular complexity index is 995. The van der Waals surface area contributed by atoms with Crippen molar-refractivity contribution >= 4 is 40.8 Å². The molecule has 3 rings (SSSR count). The second-order valence-corrected chi connectivity index (χ2v) is 7.65. The van der Waals surface area contributed by atoms with E-state index in [0.717, 1.165) is 12.0 Å². The number of furan rings is 1. The van der Waals surface area contributed by atoms with Crippen molar-refractivity contribution in [2.75, 3.05) is 18.4 Å². The molecule has 1 heterocycles. The van der Waals surface area contributed by atoms with E-state index in [4.69, 9.17) is 27.6 Å². The zero-order chi connectivity index (χ0) is 22.1. The molecular formula is C23H23Cl2N3O3. The van der Waals surface area contributed by atoms with Gasteiger partial charge in [-0.3, -0.25) is 4.79 Å². The lowest BCUT2D eigenvalue weighted by atomic mass is 10.1. The minimum atomic E-state index is -0.405. The summed E-state index contributed by atoms with van der Waals surface area (Å²) < 4.78 is 5.36. The van der Waals surface area contributed by atoms with Crippen molar-refractivity contribution in [3.63, 3.8) is 0 Å². The van der Waals surface area contributed by atoms with Crippen molar-refractivity contribution in [3.8, 4) is 0 Å². The van der Waals surface area contributed by atoms with Gasteiger partial charge in [0.15, 0.2) is 0 Å². The summed E-state index contributed by atoms with van der Waals surface area (Å²) in [6.07, 6.45) is 2.44. The molecule has 6 nitrogen and oxygen atoms in total. The Morgan fingerprint density at radius 2 is 1.77 bits per heavy atom. The third-order valence-corrected chi connectivity index (χ3v) is 5.41. The zero-order valence-electron chi connectivity index (χ0n) is 16.8. The van der Waals surface area contributed by atoms with E-state index in [9.17, 15) is 9.59 Å². The van der Waals surface area contributed by atoms with E-state index in [0.29, 0.717) is 23.0 Å². The predicted octanol–water partition coefficient (Wildman–Crippen LogP) is 5.37. The van der Waals surface area contributed by atoms with Crippen molar-refractivity contribution in [1.29, 1.82) is 0 Å². The van der Waals surface area contributed by atoms with Crippen LogP contribution in [0.3, 0.4) is 0 Å². The smallest absolute Gasteiger partial charge is 0.322 e. The molecule has 0 aliphatic heterocycles. The maximum atomic E-state index is 12.9. The van der Waals surface area contributed by atoms with Gasteiger partial charge in [-0.2, -0.15) is 0 Å². The van der Waals surface area contributed by atoms with Crippen molar-refractivity contribution < 1.29 is 14.0 Å². The highest BCUT2D eigenvalue weighted by atomic mass is 35.5. The van der Waals surface area contributed by atoms with Crippen LogP contribution in [-0.4, -0.2) is 29.9 Å². The second kappa shape index (κ2) is 11.4. The van der Waals surface area contributed by atoms with Gasteiger partial charge in [0, 0.05) is 19.5 Å². The lowest BCUT2D eigenvalue weighted by Gasteiger charge is -2.22. The Morgan fingerprint density at radius 3 is 2.52 bits per heavy atom. The summed E-state index contributed by atoms with van der Waals surface area (Å²) in [5.41, 5.74) is 1.55. The van der Waals surface area contributed by atoms with Gasteiger partial charge >= 0.3 is 6.03 Å². The number of hydrogen-bond donors (Lipinski definition) is 2. The first-order valence-corrected chi connectivity index (χ1v) is 10.6. The lowest BCUT2D eigenvalue weighted by Crippen LogP contribution is -2.38. The normalized spacial score (nSPS) is 10.5. The lowest BCUT2D eigenvalue weighted by molar-refractivity contribution is -0.121. The molecule has 31 heavy (non-hydrogen) atoms. The van der Waals surface area contributed by atoms with Gasteiger partial charge in [0.1, 0.15) is 5.76 Å². The fourth-order valence-corrected chi connectivity index (χ4v) is 3.30. The molecule has 0 atom stereocenters. The Morgan fingerprint density at radius 1 is 0.968 bits per heavy atom. The molecule has 0 fully saturated rings. The number of benzene rings is 2. The summed E-state index contributed by atoms with van der Waals surface area (Å²) in [5.74, 6) is 0.478. The van der Waals surface area contributed by atoms with E-state index in [1.165, 1.54) is 11.2 Å². The standard InChI is InChI=1S/C23H23Cl2N3O3/c24-19-9-4-10-20(22(19)25)27-23(30)28(16-18-8-5-15-31-18)14-12-21(29)26-13-11-17-6-2-1-3-7-17/h1-10,15H,11-14,16H2,(H,26,29)(H,27,30). The number of carbonyl (C=O) groups excluding carboxylic acids is 2. The van der Waals surface area contributed by atoms with Crippen LogP contribution in [0.25, 0.3) is 0 Å². The molecule has 0 saturated heterocycles. The van der Waals surface area contributed by atoms with Crippen LogP contribution in [0.2, 0.25) is 10.0 Å². The predicted molar refractivity (Wildman–Crippen MR) is 122 cm³/mol. The van der Waals surface area contributed by atoms with Gasteiger partial charge in [0.05, 0.1) is 28.5 Å². The molecule has 8 heteroatoms. The van der Waals surface area contributed by atoms with Crippen LogP contribution in [-0.2, 0) is 17.8 Å². The van der Waals surface area contributed by atoms with E-state index in [-0.39, 0.29) is 30.4 Å². The Hall–Kier alpha value is -2.96. The zero-order valence-corrected chi connectivity index (χ0v) is 18.3. The van der Waals surface area contributed by atoms with Gasteiger partial charge < -0.3 is 20.0 Å². The molecule has 0 aliphatic rings. The van der Waals surface area contributed by atoms with E-state index < -0.39 is 6.03 Å². The van der Waals surface area contributed by atoms with Gasteiger partial charge in [-0.15, -0.1) is 0 Å². The van der Waals surface area contributed by atoms with Gasteiger partial charge in [0.25, 0.3) is 0 Å². The van der Waals surface area contributed by atoms with E-state index in [1.54, 1.807) is 30.3 Å². The molecule has 2 N–H and O–H groups in total. The molecule has 0 saturated carbocycles. The van der Waals surface area contributed by atoms with E-state index >= 15 is 0 Å². The van der Waals surface area contributed by atoms with E-state index in [1.807, 2.05) is 30.3 Å². The summed E-state index contributed by atoms with van der Waals surface area (Å²) in [6.45, 7) is 0.960. The second-order valence-electron chi connectivity index (χ2n) is 6.87. The molecule has 162 valence electrons. The van der Waals surface area contributed by atoms with Gasteiger partial charge in [-0.05, 0) is 36.2 Å². The highest BCUT2D eigenvalue weighted by Crippen LogP contribution is 2.29. The number of hydrogen-bond acceptors (Lipinski definition) is 3. The topological polar surface area (TPSA) is 74.6 Å². The molecule has 0 bridgehead atoms. The SMILES string of the molecule is O=C(CCN(Cc1ccco1)C(=O)Nc1cccc(Cl)c1Cl)NCCc1ccccc1. The number of nitrogens with zero attached hydrogens (tertiary/aromatic N) is 1. The molecule has 0 radical (unpaired) electrons. The minimum Gasteiger partial charge on any atom is -0.467 e. The number of carbonyl (C=O) groups is 2. The molecule has 1 aromatic heterocycles. The Labute approximate surface area is 191 Å². The third-order valence-electron chi connectivity index (χ3n) is 4.59. The van der Waals surface area contributed by atoms with Crippen molar-refractivity contribution in [1.82, 2.24) is 10.2 Å². The van der Waals surface area contributed by atoms with Crippen LogP contribution >= 0.6 is 23.2 Å². The van der Waals surface area contributed by atoms with Crippen LogP contribution in [0.15, 0.2) is 71.3 Å². The molecule has 0 spiro atoms. The molecule has 0 aliphatic carbocycles. The largest absolute Gasteiger partial charge is 0.467 e. The molecule has 2 aromatic carbocycles. The molecule has 3 amide bonds. The average molecular weight is 460 g/mol. The number of nitrogens with one attached hydrogen (secondary N) is 2. The average Bonchev–Trinajstić information content (AvgIpc) is 3.28. The first-order chi connectivity index (χ1) is 15.0. The van der Waals surface area contributed by atoms with Crippen molar-refractivity contribution in [2.45, 2.75) is 19.4 Å². The number of rotatable bonds is 9. The fourth-order valence-electron chi connectivity index (χ4n) is 2.95. The molecule has 0 unspecified atom stereocenters. The number of urea groups is 1. The maximum Gasteiger partial charge on any atom is 0.322 e. The first-order valence-electron chi connectivity index (χ1n) is 9.86. The molecule has 3 aromatic rings. The van der Waals surface area contributed by atoms with Crippen LogP contribution in [0.1, 0.15) is 17.7 Å². The maximum absolute atomic E-state index is 12.9. The van der Waals surface area contributed by atoms with Gasteiger partial charge in [0.2, 0.25) is 5.91 Å². The van der Waals surface area contributed by atoms with Crippen LogP contribution < -0.4 is 10.6 Å². The number of anilines is 1. The number of halogens is 2.